The van der Waals surface area contributed by atoms with Crippen LogP contribution in [0.4, 0.5) is 26.3 Å². The lowest BCUT2D eigenvalue weighted by molar-refractivity contribution is -0.417. The maximum atomic E-state index is 13.2. The van der Waals surface area contributed by atoms with E-state index in [0.29, 0.717) is 10.3 Å². The highest BCUT2D eigenvalue weighted by Gasteiger charge is 2.55. The number of benzene rings is 3. The van der Waals surface area contributed by atoms with E-state index in [4.69, 9.17) is 0 Å². The van der Waals surface area contributed by atoms with E-state index in [2.05, 4.69) is 52.6 Å². The molecule has 3 aromatic carbocycles. The number of hydrogen-bond acceptors (Lipinski definition) is 0. The summed E-state index contributed by atoms with van der Waals surface area (Å²) in [5.74, 6) is -3.36. The van der Waals surface area contributed by atoms with Gasteiger partial charge < -0.3 is 0 Å². The molecule has 0 unspecified atom stereocenters. The number of fused-ring (bicyclic) bond motifs is 4. The number of hydrogen-bond donors (Lipinski definition) is 0. The Hall–Kier alpha value is -3.26. The predicted molar refractivity (Wildman–Crippen MR) is 151 cm³/mol. The van der Waals surface area contributed by atoms with E-state index >= 15 is 0 Å². The van der Waals surface area contributed by atoms with Crippen molar-refractivity contribution in [3.63, 3.8) is 0 Å². The van der Waals surface area contributed by atoms with Gasteiger partial charge in [0.1, 0.15) is 17.5 Å². The van der Waals surface area contributed by atoms with E-state index < -0.39 is 24.7 Å². The summed E-state index contributed by atoms with van der Waals surface area (Å²) in [5, 5.41) is 3.10. The van der Waals surface area contributed by atoms with Gasteiger partial charge in [-0.1, -0.05) is 74.5 Å². The Labute approximate surface area is 233 Å². The highest BCUT2D eigenvalue weighted by molar-refractivity contribution is 7.20. The first-order valence-corrected chi connectivity index (χ1v) is 13.8. The average molecular weight is 574 g/mol. The van der Waals surface area contributed by atoms with Crippen molar-refractivity contribution in [1.29, 1.82) is 0 Å². The van der Waals surface area contributed by atoms with Gasteiger partial charge in [-0.2, -0.15) is 26.3 Å². The molecule has 0 spiro atoms. The Morgan fingerprint density at radius 3 is 2.20 bits per heavy atom. The Balaban J connectivity index is 1.65. The fourth-order valence-electron chi connectivity index (χ4n) is 5.58. The van der Waals surface area contributed by atoms with Crippen LogP contribution in [0.3, 0.4) is 0 Å². The highest BCUT2D eigenvalue weighted by Crippen LogP contribution is 2.47. The number of thiophene rings is 1. The molecule has 0 saturated heterocycles. The molecule has 0 N–H and O–H groups in total. The van der Waals surface area contributed by atoms with Crippen LogP contribution >= 0.6 is 11.3 Å². The molecule has 1 nitrogen and oxygen atoms in total. The molecule has 8 heteroatoms. The van der Waals surface area contributed by atoms with Crippen molar-refractivity contribution < 1.29 is 30.9 Å². The average Bonchev–Trinajstić information content (AvgIpc) is 3.22. The van der Waals surface area contributed by atoms with Crippen LogP contribution in [0.25, 0.3) is 26.9 Å². The summed E-state index contributed by atoms with van der Waals surface area (Å²) in [6.45, 7) is 12.8. The van der Waals surface area contributed by atoms with Gasteiger partial charge in [0, 0.05) is 0 Å². The van der Waals surface area contributed by atoms with Crippen LogP contribution in [0.5, 0.6) is 0 Å². The molecule has 0 atom stereocenters. The van der Waals surface area contributed by atoms with Crippen LogP contribution in [0.15, 0.2) is 54.7 Å². The third-order valence-corrected chi connectivity index (χ3v) is 8.93. The van der Waals surface area contributed by atoms with Crippen molar-refractivity contribution in [2.24, 2.45) is 5.92 Å². The van der Waals surface area contributed by atoms with Gasteiger partial charge in [0.15, 0.2) is 21.5 Å². The molecule has 1 aliphatic heterocycles. The second-order valence-corrected chi connectivity index (χ2v) is 12.4. The fourth-order valence-corrected chi connectivity index (χ4v) is 6.99. The van der Waals surface area contributed by atoms with Gasteiger partial charge in [0.05, 0.1) is 6.72 Å². The quantitative estimate of drug-likeness (QED) is 0.0989. The smallest absolute Gasteiger partial charge is 0.257 e. The first-order valence-electron chi connectivity index (χ1n) is 13.0. The molecule has 0 saturated carbocycles. The van der Waals surface area contributed by atoms with Crippen LogP contribution in [-0.4, -0.2) is 23.6 Å². The van der Waals surface area contributed by atoms with E-state index in [1.807, 2.05) is 30.5 Å². The van der Waals surface area contributed by atoms with Gasteiger partial charge >= 0.3 is 12.4 Å². The maximum Gasteiger partial charge on any atom is 0.400 e. The topological polar surface area (TPSA) is 3.01 Å². The summed E-state index contributed by atoms with van der Waals surface area (Å²) in [5.41, 5.74) is 4.46. The molecule has 0 amide bonds. The molecule has 0 radical (unpaired) electrons. The number of rotatable bonds is 4. The van der Waals surface area contributed by atoms with E-state index in [-0.39, 0.29) is 11.8 Å². The van der Waals surface area contributed by atoms with Gasteiger partial charge in [-0.3, -0.25) is 4.58 Å². The molecular formula is C32H29F6NS. The summed E-state index contributed by atoms with van der Waals surface area (Å²) >= 11 is 1.39. The van der Waals surface area contributed by atoms with Gasteiger partial charge in [-0.15, -0.1) is 18.2 Å². The highest BCUT2D eigenvalue weighted by atomic mass is 32.1. The van der Waals surface area contributed by atoms with Crippen molar-refractivity contribution in [3.8, 4) is 0 Å². The lowest BCUT2D eigenvalue weighted by Crippen LogP contribution is -2.36. The van der Waals surface area contributed by atoms with Crippen molar-refractivity contribution in [3.05, 3.63) is 93.5 Å². The van der Waals surface area contributed by atoms with Gasteiger partial charge in [0.25, 0.3) is 0 Å². The summed E-state index contributed by atoms with van der Waals surface area (Å²) in [7, 11) is 0. The lowest BCUT2D eigenvalue weighted by Gasteiger charge is -2.28. The lowest BCUT2D eigenvalue weighted by atomic mass is 9.79. The molecule has 210 valence electrons. The zero-order chi connectivity index (χ0) is 29.2. The largest absolute Gasteiger partial charge is 0.400 e. The zero-order valence-electron chi connectivity index (χ0n) is 22.6. The molecule has 0 bridgehead atoms. The minimum Gasteiger partial charge on any atom is -0.257 e. The van der Waals surface area contributed by atoms with Crippen LogP contribution in [0, 0.1) is 18.9 Å². The normalized spacial score (nSPS) is 14.6. The van der Waals surface area contributed by atoms with Crippen LogP contribution in [0.1, 0.15) is 59.9 Å². The van der Waals surface area contributed by atoms with Crippen LogP contribution < -0.4 is 0 Å². The SMILES string of the molecule is C=[N+]1C=Cc2c([s+][c-]3c(CCC(C(F)(F)F)C(F)(F)F)cccc23)[C-]1c1cc(C(C)(C)C)c2ccccc2c1C. The van der Waals surface area contributed by atoms with Crippen molar-refractivity contribution >= 4 is 45.0 Å². The van der Waals surface area contributed by atoms with Crippen LogP contribution in [0.2, 0.25) is 0 Å². The van der Waals surface area contributed by atoms with E-state index in [9.17, 15) is 26.3 Å². The first-order chi connectivity index (χ1) is 18.6. The molecular weight excluding hydrogens is 544 g/mol. The molecule has 0 fully saturated rings. The summed E-state index contributed by atoms with van der Waals surface area (Å²) in [6, 6.07) is 16.5. The van der Waals surface area contributed by atoms with E-state index in [1.54, 1.807) is 16.7 Å². The number of halogens is 6. The Kier molecular flexibility index (Phi) is 6.85. The molecule has 40 heavy (non-hydrogen) atoms. The van der Waals surface area contributed by atoms with Crippen molar-refractivity contribution in [2.75, 3.05) is 0 Å². The Morgan fingerprint density at radius 1 is 0.925 bits per heavy atom. The number of aryl methyl sites for hydroxylation is 2. The molecule has 4 aromatic rings. The molecule has 1 aromatic heterocycles. The maximum absolute atomic E-state index is 13.2. The second kappa shape index (κ2) is 9.68. The third kappa shape index (κ3) is 4.91. The van der Waals surface area contributed by atoms with Crippen molar-refractivity contribution in [1.82, 2.24) is 0 Å². The number of alkyl halides is 6. The zero-order valence-corrected chi connectivity index (χ0v) is 23.4. The molecule has 5 rings (SSSR count). The fraction of sp³-hybridized carbons (Fsp3) is 0.312. The third-order valence-electron chi connectivity index (χ3n) is 7.63. The van der Waals surface area contributed by atoms with E-state index in [1.165, 1.54) is 22.3 Å². The van der Waals surface area contributed by atoms with Gasteiger partial charge in [-0.05, 0) is 51.8 Å². The van der Waals surface area contributed by atoms with Gasteiger partial charge in [-0.25, -0.2) is 0 Å². The van der Waals surface area contributed by atoms with Gasteiger partial charge in [0.2, 0.25) is 0 Å². The summed E-state index contributed by atoms with van der Waals surface area (Å²) in [6.07, 6.45) is -8.33. The second-order valence-electron chi connectivity index (χ2n) is 11.3. The number of nitrogens with zero attached hydrogens (tertiary/aromatic N) is 1. The minimum absolute atomic E-state index is 0.150. The first kappa shape index (κ1) is 28.3. The molecule has 0 aliphatic carbocycles. The summed E-state index contributed by atoms with van der Waals surface area (Å²) < 4.78 is 81.8. The Bertz CT molecular complexity index is 1630. The monoisotopic (exact) mass is 573 g/mol. The standard InChI is InChI=1S/C32H29F6NS/c1-18-20-10-6-7-11-21(20)25(30(2,3)4)17-24(18)27-29-23(15-16-39(27)5)22-12-8-9-19(28(22)40-29)13-14-26(31(33,34)35)32(36,37)38/h6-12,15-17,26H,5,13-14H2,1-4H3. The Morgan fingerprint density at radius 2 is 1.57 bits per heavy atom. The summed E-state index contributed by atoms with van der Waals surface area (Å²) in [4.78, 5) is 0.890. The van der Waals surface area contributed by atoms with Crippen LogP contribution in [-0.2, 0) is 11.8 Å². The molecule has 1 aliphatic rings. The molecule has 2 heterocycles. The van der Waals surface area contributed by atoms with E-state index in [0.717, 1.165) is 38.4 Å². The predicted octanol–water partition coefficient (Wildman–Crippen LogP) is 9.96. The van der Waals surface area contributed by atoms with Crippen molar-refractivity contribution in [2.45, 2.75) is 58.3 Å². The minimum atomic E-state index is -5.35.